The number of ketones is 1. The van der Waals surface area contributed by atoms with Gasteiger partial charge in [-0.25, -0.2) is 4.39 Å². The number of halogens is 1. The van der Waals surface area contributed by atoms with Crippen LogP contribution >= 0.6 is 11.8 Å². The minimum Gasteiger partial charge on any atom is -0.388 e. The number of hydrogen-bond donors (Lipinski definition) is 1. The van der Waals surface area contributed by atoms with E-state index in [0.29, 0.717) is 12.0 Å². The summed E-state index contributed by atoms with van der Waals surface area (Å²) in [4.78, 5) is 13.1. The molecule has 102 valence electrons. The van der Waals surface area contributed by atoms with Gasteiger partial charge in [-0.3, -0.25) is 4.79 Å². The number of hydrogen-bond acceptors (Lipinski definition) is 3. The van der Waals surface area contributed by atoms with Crippen LogP contribution in [0.1, 0.15) is 34.5 Å². The van der Waals surface area contributed by atoms with E-state index in [4.69, 9.17) is 0 Å². The van der Waals surface area contributed by atoms with E-state index in [2.05, 4.69) is 0 Å². The highest BCUT2D eigenvalue weighted by atomic mass is 32.2. The highest BCUT2D eigenvalue weighted by Gasteiger charge is 2.22. The Hall–Kier alpha value is -1.65. The molecule has 0 bridgehead atoms. The number of Topliss-reactive ketones (excluding diaryl/α,β-unsaturated/α-hetero) is 1. The van der Waals surface area contributed by atoms with E-state index in [1.165, 1.54) is 30.8 Å². The Balaban J connectivity index is 2.11. The Morgan fingerprint density at radius 1 is 1.25 bits per heavy atom. The first-order valence-electron chi connectivity index (χ1n) is 6.34. The highest BCUT2D eigenvalue weighted by molar-refractivity contribution is 7.99. The van der Waals surface area contributed by atoms with Crippen LogP contribution in [0, 0.1) is 5.82 Å². The second kappa shape index (κ2) is 5.04. The summed E-state index contributed by atoms with van der Waals surface area (Å²) in [6, 6.07) is 9.89. The van der Waals surface area contributed by atoms with Gasteiger partial charge in [-0.05, 0) is 42.3 Å². The molecule has 1 atom stereocenters. The number of benzene rings is 2. The van der Waals surface area contributed by atoms with E-state index in [1.54, 1.807) is 18.2 Å². The van der Waals surface area contributed by atoms with Gasteiger partial charge in [-0.2, -0.15) is 0 Å². The van der Waals surface area contributed by atoms with Crippen molar-refractivity contribution in [2.24, 2.45) is 0 Å². The van der Waals surface area contributed by atoms with Crippen LogP contribution in [0.4, 0.5) is 4.39 Å². The maximum atomic E-state index is 13.3. The topological polar surface area (TPSA) is 37.3 Å². The summed E-state index contributed by atoms with van der Waals surface area (Å²) < 4.78 is 13.3. The van der Waals surface area contributed by atoms with Crippen molar-refractivity contribution >= 4 is 17.5 Å². The van der Waals surface area contributed by atoms with E-state index >= 15 is 0 Å². The van der Waals surface area contributed by atoms with Gasteiger partial charge in [0, 0.05) is 21.8 Å². The number of fused-ring (bicyclic) bond motifs is 2. The van der Waals surface area contributed by atoms with E-state index in [1.807, 2.05) is 6.07 Å². The largest absolute Gasteiger partial charge is 0.388 e. The molecule has 0 aliphatic carbocycles. The Morgan fingerprint density at radius 2 is 2.05 bits per heavy atom. The molecule has 1 aliphatic heterocycles. The summed E-state index contributed by atoms with van der Waals surface area (Å²) in [5.41, 5.74) is 2.24. The maximum absolute atomic E-state index is 13.3. The monoisotopic (exact) mass is 288 g/mol. The third kappa shape index (κ3) is 2.37. The van der Waals surface area contributed by atoms with Gasteiger partial charge in [0.1, 0.15) is 5.82 Å². The lowest BCUT2D eigenvalue weighted by molar-refractivity contribution is 0.101. The van der Waals surface area contributed by atoms with Crippen molar-refractivity contribution in [1.82, 2.24) is 0 Å². The standard InChI is InChI=1S/C16H13FO2S/c1-9(18)10-3-5-15-13(6-10)14(19)7-11-2-4-12(17)8-16(11)20-15/h2-6,8,14,19H,7H2,1H3. The maximum Gasteiger partial charge on any atom is 0.159 e. The Morgan fingerprint density at radius 3 is 2.80 bits per heavy atom. The molecule has 3 rings (SSSR count). The summed E-state index contributed by atoms with van der Waals surface area (Å²) in [6.07, 6.45) is -0.250. The fourth-order valence-corrected chi connectivity index (χ4v) is 3.49. The number of carbonyl (C=O) groups is 1. The van der Waals surface area contributed by atoms with Crippen molar-refractivity contribution < 1.29 is 14.3 Å². The second-order valence-electron chi connectivity index (χ2n) is 4.88. The van der Waals surface area contributed by atoms with Gasteiger partial charge >= 0.3 is 0 Å². The van der Waals surface area contributed by atoms with Gasteiger partial charge < -0.3 is 5.11 Å². The molecule has 4 heteroatoms. The minimum atomic E-state index is -0.677. The summed E-state index contributed by atoms with van der Waals surface area (Å²) in [5.74, 6) is -0.313. The average Bonchev–Trinajstić information content (AvgIpc) is 2.54. The molecule has 0 radical (unpaired) electrons. The summed E-state index contributed by atoms with van der Waals surface area (Å²) in [5, 5.41) is 10.3. The first-order chi connectivity index (χ1) is 9.54. The Labute approximate surface area is 120 Å². The zero-order valence-corrected chi connectivity index (χ0v) is 11.7. The van der Waals surface area contributed by atoms with Crippen LogP contribution in [0.3, 0.4) is 0 Å². The van der Waals surface area contributed by atoms with Crippen LogP contribution < -0.4 is 0 Å². The molecule has 20 heavy (non-hydrogen) atoms. The molecule has 0 fully saturated rings. The van der Waals surface area contributed by atoms with Gasteiger partial charge in [0.2, 0.25) is 0 Å². The van der Waals surface area contributed by atoms with Crippen LogP contribution in [-0.4, -0.2) is 10.9 Å². The predicted molar refractivity (Wildman–Crippen MR) is 75.6 cm³/mol. The molecule has 1 unspecified atom stereocenters. The molecular formula is C16H13FO2S. The smallest absolute Gasteiger partial charge is 0.159 e. The minimum absolute atomic E-state index is 0.0298. The van der Waals surface area contributed by atoms with Gasteiger partial charge in [0.15, 0.2) is 5.78 Å². The van der Waals surface area contributed by atoms with Crippen molar-refractivity contribution in [3.8, 4) is 0 Å². The molecule has 0 spiro atoms. The first-order valence-corrected chi connectivity index (χ1v) is 7.15. The molecule has 0 saturated carbocycles. The number of rotatable bonds is 1. The van der Waals surface area contributed by atoms with Crippen LogP contribution in [-0.2, 0) is 6.42 Å². The number of aliphatic hydroxyl groups excluding tert-OH is 1. The van der Waals surface area contributed by atoms with Crippen molar-refractivity contribution in [1.29, 1.82) is 0 Å². The lowest BCUT2D eigenvalue weighted by Crippen LogP contribution is -2.03. The third-order valence-corrected chi connectivity index (χ3v) is 4.63. The zero-order valence-electron chi connectivity index (χ0n) is 10.9. The van der Waals surface area contributed by atoms with Crippen molar-refractivity contribution in [2.45, 2.75) is 29.2 Å². The van der Waals surface area contributed by atoms with Gasteiger partial charge in [-0.15, -0.1) is 0 Å². The van der Waals surface area contributed by atoms with Gasteiger partial charge in [0.25, 0.3) is 0 Å². The van der Waals surface area contributed by atoms with E-state index in [0.717, 1.165) is 20.9 Å². The van der Waals surface area contributed by atoms with E-state index in [-0.39, 0.29) is 11.6 Å². The van der Waals surface area contributed by atoms with Crippen LogP contribution in [0.2, 0.25) is 0 Å². The van der Waals surface area contributed by atoms with Crippen molar-refractivity contribution in [3.05, 3.63) is 58.9 Å². The Kier molecular flexibility index (Phi) is 3.36. The molecule has 1 aliphatic rings. The number of aliphatic hydroxyl groups is 1. The molecule has 0 aromatic heterocycles. The molecule has 2 aromatic rings. The first kappa shape index (κ1) is 13.3. The van der Waals surface area contributed by atoms with Crippen LogP contribution in [0.5, 0.6) is 0 Å². The molecule has 2 nitrogen and oxygen atoms in total. The zero-order chi connectivity index (χ0) is 14.3. The van der Waals surface area contributed by atoms with Crippen molar-refractivity contribution in [2.75, 3.05) is 0 Å². The summed E-state index contributed by atoms with van der Waals surface area (Å²) >= 11 is 1.43. The third-order valence-electron chi connectivity index (χ3n) is 3.44. The normalized spacial score (nSPS) is 17.1. The molecule has 1 N–H and O–H groups in total. The van der Waals surface area contributed by atoms with Gasteiger partial charge in [-0.1, -0.05) is 23.9 Å². The summed E-state index contributed by atoms with van der Waals surface area (Å²) in [7, 11) is 0. The predicted octanol–water partition coefficient (Wildman–Crippen LogP) is 3.77. The molecule has 2 aromatic carbocycles. The van der Waals surface area contributed by atoms with Crippen LogP contribution in [0.15, 0.2) is 46.2 Å². The van der Waals surface area contributed by atoms with Crippen molar-refractivity contribution in [3.63, 3.8) is 0 Å². The van der Waals surface area contributed by atoms with E-state index in [9.17, 15) is 14.3 Å². The summed E-state index contributed by atoms with van der Waals surface area (Å²) in [6.45, 7) is 1.50. The fraction of sp³-hybridized carbons (Fsp3) is 0.188. The molecule has 0 saturated heterocycles. The average molecular weight is 288 g/mol. The lowest BCUT2D eigenvalue weighted by Gasteiger charge is -2.12. The van der Waals surface area contributed by atoms with E-state index < -0.39 is 6.10 Å². The molecule has 0 amide bonds. The number of carbonyl (C=O) groups excluding carboxylic acids is 1. The van der Waals surface area contributed by atoms with Gasteiger partial charge in [0.05, 0.1) is 6.10 Å². The van der Waals surface area contributed by atoms with Crippen LogP contribution in [0.25, 0.3) is 0 Å². The SMILES string of the molecule is CC(=O)c1ccc2c(c1)C(O)Cc1ccc(F)cc1S2. The highest BCUT2D eigenvalue weighted by Crippen LogP contribution is 2.41. The Bertz CT molecular complexity index is 697. The molecular weight excluding hydrogens is 275 g/mol. The second-order valence-corrected chi connectivity index (χ2v) is 5.97. The fourth-order valence-electron chi connectivity index (χ4n) is 2.35. The molecule has 1 heterocycles. The lowest BCUT2D eigenvalue weighted by atomic mass is 9.99. The quantitative estimate of drug-likeness (QED) is 0.812.